The number of carbonyl (C=O) groups is 1. The van der Waals surface area contributed by atoms with Crippen molar-refractivity contribution in [1.29, 1.82) is 0 Å². The minimum absolute atomic E-state index is 0.0267. The highest BCUT2D eigenvalue weighted by Gasteiger charge is 2.18. The number of aryl methyl sites for hydroxylation is 1. The fourth-order valence-corrected chi connectivity index (χ4v) is 3.40. The third-order valence-corrected chi connectivity index (χ3v) is 4.83. The van der Waals surface area contributed by atoms with Gasteiger partial charge in [-0.15, -0.1) is 0 Å². The maximum absolute atomic E-state index is 12.3. The maximum Gasteiger partial charge on any atom is 0.224 e. The largest absolute Gasteiger partial charge is 0.494 e. The van der Waals surface area contributed by atoms with E-state index in [0.29, 0.717) is 19.4 Å². The fourth-order valence-electron chi connectivity index (χ4n) is 3.40. The van der Waals surface area contributed by atoms with E-state index in [4.69, 9.17) is 4.74 Å². The van der Waals surface area contributed by atoms with Crippen LogP contribution in [0.1, 0.15) is 32.3 Å². The lowest BCUT2D eigenvalue weighted by Gasteiger charge is -2.18. The highest BCUT2D eigenvalue weighted by atomic mass is 16.5. The van der Waals surface area contributed by atoms with Gasteiger partial charge in [0.25, 0.3) is 0 Å². The molecule has 26 heavy (non-hydrogen) atoms. The molecule has 1 fully saturated rings. The number of rotatable bonds is 7. The minimum atomic E-state index is 0.0267. The first-order chi connectivity index (χ1) is 12.7. The van der Waals surface area contributed by atoms with Gasteiger partial charge in [-0.2, -0.15) is 0 Å². The van der Waals surface area contributed by atoms with E-state index >= 15 is 0 Å². The number of ether oxygens (including phenoxy) is 1. The van der Waals surface area contributed by atoms with Gasteiger partial charge in [0.05, 0.1) is 6.61 Å². The highest BCUT2D eigenvalue weighted by molar-refractivity contribution is 5.91. The third-order valence-electron chi connectivity index (χ3n) is 4.83. The van der Waals surface area contributed by atoms with E-state index in [0.717, 1.165) is 36.0 Å². The normalized spacial score (nSPS) is 16.5. The molecule has 1 atom stereocenters. The van der Waals surface area contributed by atoms with Crippen molar-refractivity contribution in [2.24, 2.45) is 5.92 Å². The molecule has 3 rings (SSSR count). The summed E-state index contributed by atoms with van der Waals surface area (Å²) in [6, 6.07) is 16.1. The Hall–Kier alpha value is -2.49. The SMILES string of the molecule is CCOc1ccccc1CCC(=O)Nc1ccc(N2CCC(C)C2)cc1. The molecule has 4 heteroatoms. The first-order valence-corrected chi connectivity index (χ1v) is 9.51. The van der Waals surface area contributed by atoms with Crippen LogP contribution in [-0.2, 0) is 11.2 Å². The van der Waals surface area contributed by atoms with Gasteiger partial charge in [-0.3, -0.25) is 4.79 Å². The second-order valence-electron chi connectivity index (χ2n) is 6.98. The molecule has 2 aromatic carbocycles. The molecule has 1 aliphatic heterocycles. The van der Waals surface area contributed by atoms with Crippen molar-refractivity contribution in [3.63, 3.8) is 0 Å². The van der Waals surface area contributed by atoms with E-state index < -0.39 is 0 Å². The molecule has 1 amide bonds. The van der Waals surface area contributed by atoms with Gasteiger partial charge in [-0.25, -0.2) is 0 Å². The average molecular weight is 352 g/mol. The average Bonchev–Trinajstić information content (AvgIpc) is 3.08. The topological polar surface area (TPSA) is 41.6 Å². The number of nitrogens with zero attached hydrogens (tertiary/aromatic N) is 1. The van der Waals surface area contributed by atoms with Crippen LogP contribution in [0.15, 0.2) is 48.5 Å². The Morgan fingerprint density at radius 2 is 1.96 bits per heavy atom. The van der Waals surface area contributed by atoms with Crippen molar-refractivity contribution in [2.45, 2.75) is 33.1 Å². The van der Waals surface area contributed by atoms with Crippen molar-refractivity contribution in [2.75, 3.05) is 29.9 Å². The van der Waals surface area contributed by atoms with E-state index in [1.54, 1.807) is 0 Å². The summed E-state index contributed by atoms with van der Waals surface area (Å²) in [6.07, 6.45) is 2.36. The first-order valence-electron chi connectivity index (χ1n) is 9.51. The van der Waals surface area contributed by atoms with Crippen LogP contribution in [-0.4, -0.2) is 25.6 Å². The number of hydrogen-bond acceptors (Lipinski definition) is 3. The Labute approximate surface area is 156 Å². The van der Waals surface area contributed by atoms with Gasteiger partial charge in [0.2, 0.25) is 5.91 Å². The van der Waals surface area contributed by atoms with Crippen LogP contribution in [0.5, 0.6) is 5.75 Å². The number of hydrogen-bond donors (Lipinski definition) is 1. The molecule has 1 heterocycles. The lowest BCUT2D eigenvalue weighted by molar-refractivity contribution is -0.116. The molecule has 0 radical (unpaired) electrons. The van der Waals surface area contributed by atoms with Crippen LogP contribution in [0.25, 0.3) is 0 Å². The van der Waals surface area contributed by atoms with E-state index in [9.17, 15) is 4.79 Å². The first kappa shape index (κ1) is 18.3. The molecule has 1 saturated heterocycles. The Kier molecular flexibility index (Phi) is 6.16. The molecular formula is C22H28N2O2. The molecular weight excluding hydrogens is 324 g/mol. The van der Waals surface area contributed by atoms with Crippen LogP contribution in [0.4, 0.5) is 11.4 Å². The fraction of sp³-hybridized carbons (Fsp3) is 0.409. The van der Waals surface area contributed by atoms with E-state index in [1.807, 2.05) is 43.3 Å². The van der Waals surface area contributed by atoms with Gasteiger partial charge >= 0.3 is 0 Å². The summed E-state index contributed by atoms with van der Waals surface area (Å²) in [4.78, 5) is 14.7. The standard InChI is InChI=1S/C22H28N2O2/c1-3-26-21-7-5-4-6-18(21)8-13-22(25)23-19-9-11-20(12-10-19)24-15-14-17(2)16-24/h4-7,9-12,17H,3,8,13-16H2,1-2H3,(H,23,25). The molecule has 1 N–H and O–H groups in total. The second-order valence-corrected chi connectivity index (χ2v) is 6.98. The minimum Gasteiger partial charge on any atom is -0.494 e. The van der Waals surface area contributed by atoms with Gasteiger partial charge in [0, 0.05) is 30.9 Å². The summed E-state index contributed by atoms with van der Waals surface area (Å²) in [6.45, 7) is 7.12. The van der Waals surface area contributed by atoms with Crippen LogP contribution >= 0.6 is 0 Å². The number of para-hydroxylation sites is 1. The summed E-state index contributed by atoms with van der Waals surface area (Å²) in [7, 11) is 0. The lowest BCUT2D eigenvalue weighted by atomic mass is 10.1. The van der Waals surface area contributed by atoms with Crippen LogP contribution in [0.3, 0.4) is 0 Å². The summed E-state index contributed by atoms with van der Waals surface area (Å²) in [5.41, 5.74) is 3.16. The van der Waals surface area contributed by atoms with E-state index in [1.165, 1.54) is 12.1 Å². The number of benzene rings is 2. The molecule has 1 unspecified atom stereocenters. The Bertz CT molecular complexity index is 727. The van der Waals surface area contributed by atoms with Crippen molar-refractivity contribution in [1.82, 2.24) is 0 Å². The molecule has 0 saturated carbocycles. The number of anilines is 2. The van der Waals surface area contributed by atoms with Crippen molar-refractivity contribution in [3.05, 3.63) is 54.1 Å². The monoisotopic (exact) mass is 352 g/mol. The van der Waals surface area contributed by atoms with Gasteiger partial charge in [0.15, 0.2) is 0 Å². The summed E-state index contributed by atoms with van der Waals surface area (Å²) in [5.74, 6) is 1.65. The predicted octanol–water partition coefficient (Wildman–Crippen LogP) is 4.50. The lowest BCUT2D eigenvalue weighted by Crippen LogP contribution is -2.19. The number of carbonyl (C=O) groups excluding carboxylic acids is 1. The van der Waals surface area contributed by atoms with E-state index in [2.05, 4.69) is 29.3 Å². The second kappa shape index (κ2) is 8.75. The molecule has 0 aliphatic carbocycles. The molecule has 1 aliphatic rings. The van der Waals surface area contributed by atoms with Gasteiger partial charge in [0.1, 0.15) is 5.75 Å². The van der Waals surface area contributed by atoms with Crippen molar-refractivity contribution < 1.29 is 9.53 Å². The van der Waals surface area contributed by atoms with Gasteiger partial charge in [-0.05, 0) is 61.6 Å². The number of amides is 1. The Morgan fingerprint density at radius 1 is 1.19 bits per heavy atom. The zero-order valence-electron chi connectivity index (χ0n) is 15.7. The maximum atomic E-state index is 12.3. The van der Waals surface area contributed by atoms with Crippen LogP contribution < -0.4 is 15.0 Å². The summed E-state index contributed by atoms with van der Waals surface area (Å²) >= 11 is 0. The Balaban J connectivity index is 1.52. The molecule has 0 spiro atoms. The van der Waals surface area contributed by atoms with E-state index in [-0.39, 0.29) is 5.91 Å². The zero-order chi connectivity index (χ0) is 18.4. The molecule has 4 nitrogen and oxygen atoms in total. The number of nitrogens with one attached hydrogen (secondary N) is 1. The van der Waals surface area contributed by atoms with Crippen molar-refractivity contribution >= 4 is 17.3 Å². The predicted molar refractivity (Wildman–Crippen MR) is 107 cm³/mol. The summed E-state index contributed by atoms with van der Waals surface area (Å²) < 4.78 is 5.62. The van der Waals surface area contributed by atoms with Crippen molar-refractivity contribution in [3.8, 4) is 5.75 Å². The third kappa shape index (κ3) is 4.78. The smallest absolute Gasteiger partial charge is 0.224 e. The molecule has 0 bridgehead atoms. The Morgan fingerprint density at radius 3 is 2.65 bits per heavy atom. The van der Waals surface area contributed by atoms with Crippen LogP contribution in [0, 0.1) is 5.92 Å². The zero-order valence-corrected chi connectivity index (χ0v) is 15.7. The summed E-state index contributed by atoms with van der Waals surface area (Å²) in [5, 5.41) is 2.99. The quantitative estimate of drug-likeness (QED) is 0.797. The molecule has 2 aromatic rings. The molecule has 0 aromatic heterocycles. The van der Waals surface area contributed by atoms with Gasteiger partial charge < -0.3 is 15.0 Å². The highest BCUT2D eigenvalue weighted by Crippen LogP contribution is 2.25. The molecule has 138 valence electrons. The van der Waals surface area contributed by atoms with Gasteiger partial charge in [-0.1, -0.05) is 25.1 Å². The van der Waals surface area contributed by atoms with Crippen LogP contribution in [0.2, 0.25) is 0 Å².